The third kappa shape index (κ3) is 5.41. The van der Waals surface area contributed by atoms with Crippen LogP contribution < -0.4 is 5.32 Å². The van der Waals surface area contributed by atoms with Crippen molar-refractivity contribution in [2.75, 3.05) is 59.4 Å². The molecule has 0 aliphatic carbocycles. The Balaban J connectivity index is 1.25. The number of amides is 4. The molecule has 3 aliphatic heterocycles. The molecule has 8 nitrogen and oxygen atoms in total. The summed E-state index contributed by atoms with van der Waals surface area (Å²) in [4.78, 5) is 45.9. The first-order valence-electron chi connectivity index (χ1n) is 11.9. The predicted molar refractivity (Wildman–Crippen MR) is 122 cm³/mol. The fourth-order valence-electron chi connectivity index (χ4n) is 4.76. The van der Waals surface area contributed by atoms with Crippen molar-refractivity contribution in [1.29, 1.82) is 0 Å². The number of nitrogens with zero attached hydrogens (tertiary/aromatic N) is 4. The lowest BCUT2D eigenvalue weighted by Crippen LogP contribution is -2.49. The lowest BCUT2D eigenvalue weighted by atomic mass is 9.97. The van der Waals surface area contributed by atoms with Gasteiger partial charge in [-0.2, -0.15) is 0 Å². The Bertz CT molecular complexity index is 813. The van der Waals surface area contributed by atoms with Crippen molar-refractivity contribution in [3.8, 4) is 0 Å². The minimum atomic E-state index is -0.159. The van der Waals surface area contributed by atoms with Gasteiger partial charge in [0.25, 0.3) is 5.91 Å². The van der Waals surface area contributed by atoms with E-state index in [0.29, 0.717) is 18.7 Å². The van der Waals surface area contributed by atoms with E-state index < -0.39 is 0 Å². The average Bonchev–Trinajstić information content (AvgIpc) is 3.37. The molecule has 0 bridgehead atoms. The fraction of sp³-hybridized carbons (Fsp3) is 0.625. The van der Waals surface area contributed by atoms with E-state index in [9.17, 15) is 14.4 Å². The summed E-state index contributed by atoms with van der Waals surface area (Å²) in [7, 11) is 2.07. The summed E-state index contributed by atoms with van der Waals surface area (Å²) in [5.74, 6) is -0.0893. The zero-order valence-electron chi connectivity index (χ0n) is 19.1. The van der Waals surface area contributed by atoms with Crippen LogP contribution in [-0.2, 0) is 11.3 Å². The largest absolute Gasteiger partial charge is 0.352 e. The van der Waals surface area contributed by atoms with E-state index in [1.807, 2.05) is 39.0 Å². The second-order valence-electron chi connectivity index (χ2n) is 9.27. The Hall–Kier alpha value is -2.61. The predicted octanol–water partition coefficient (Wildman–Crippen LogP) is 1.62. The minimum absolute atomic E-state index is 0.00140. The SMILES string of the molecule is CN1CCN(C(=O)c2ccc(CNC(=O)[C@@H]3CCCN(C(=O)N4CCCC4)C3)cc2)CC1. The van der Waals surface area contributed by atoms with Crippen molar-refractivity contribution in [2.45, 2.75) is 32.2 Å². The van der Waals surface area contributed by atoms with Crippen molar-refractivity contribution >= 4 is 17.8 Å². The van der Waals surface area contributed by atoms with E-state index in [1.54, 1.807) is 0 Å². The third-order valence-electron chi connectivity index (χ3n) is 6.90. The standard InChI is InChI=1S/C24H35N5O3/c1-26-13-15-27(16-14-26)23(31)20-8-6-19(7-9-20)17-25-22(30)21-5-4-12-29(18-21)24(32)28-10-2-3-11-28/h6-9,21H,2-5,10-18H2,1H3,(H,25,30)/t21-/m1/s1. The highest BCUT2D eigenvalue weighted by molar-refractivity contribution is 5.94. The zero-order valence-corrected chi connectivity index (χ0v) is 19.1. The minimum Gasteiger partial charge on any atom is -0.352 e. The monoisotopic (exact) mass is 441 g/mol. The first-order chi connectivity index (χ1) is 15.5. The van der Waals surface area contributed by atoms with Gasteiger partial charge in [-0.25, -0.2) is 4.79 Å². The van der Waals surface area contributed by atoms with E-state index in [-0.39, 0.29) is 23.8 Å². The molecule has 32 heavy (non-hydrogen) atoms. The zero-order chi connectivity index (χ0) is 22.5. The van der Waals surface area contributed by atoms with Gasteiger partial charge in [-0.3, -0.25) is 9.59 Å². The van der Waals surface area contributed by atoms with Gasteiger partial charge < -0.3 is 24.9 Å². The molecule has 8 heteroatoms. The van der Waals surface area contributed by atoms with Crippen LogP contribution in [0, 0.1) is 5.92 Å². The lowest BCUT2D eigenvalue weighted by molar-refractivity contribution is -0.126. The number of carbonyl (C=O) groups excluding carboxylic acids is 3. The molecule has 174 valence electrons. The summed E-state index contributed by atoms with van der Waals surface area (Å²) in [6.07, 6.45) is 3.82. The normalized spacial score (nSPS) is 22.2. The van der Waals surface area contributed by atoms with Crippen molar-refractivity contribution in [1.82, 2.24) is 24.9 Å². The van der Waals surface area contributed by atoms with Crippen LogP contribution in [0.2, 0.25) is 0 Å². The van der Waals surface area contributed by atoms with E-state index in [2.05, 4.69) is 17.3 Å². The lowest BCUT2D eigenvalue weighted by Gasteiger charge is -2.34. The smallest absolute Gasteiger partial charge is 0.320 e. The maximum atomic E-state index is 12.7. The summed E-state index contributed by atoms with van der Waals surface area (Å²) in [5.41, 5.74) is 1.65. The Morgan fingerprint density at radius 3 is 2.19 bits per heavy atom. The van der Waals surface area contributed by atoms with Crippen LogP contribution >= 0.6 is 0 Å². The maximum Gasteiger partial charge on any atom is 0.320 e. The third-order valence-corrected chi connectivity index (χ3v) is 6.90. The van der Waals surface area contributed by atoms with Gasteiger partial charge in [-0.15, -0.1) is 0 Å². The Morgan fingerprint density at radius 2 is 1.50 bits per heavy atom. The summed E-state index contributed by atoms with van der Waals surface area (Å²) in [6, 6.07) is 7.60. The number of rotatable bonds is 4. The summed E-state index contributed by atoms with van der Waals surface area (Å²) < 4.78 is 0. The van der Waals surface area contributed by atoms with E-state index in [0.717, 1.165) is 77.1 Å². The van der Waals surface area contributed by atoms with Gasteiger partial charge in [-0.1, -0.05) is 12.1 Å². The molecule has 0 radical (unpaired) electrons. The molecule has 3 fully saturated rings. The number of carbonyl (C=O) groups is 3. The van der Waals surface area contributed by atoms with Crippen LogP contribution in [0.1, 0.15) is 41.6 Å². The van der Waals surface area contributed by atoms with E-state index >= 15 is 0 Å². The number of piperazine rings is 1. The molecule has 0 spiro atoms. The fourth-order valence-corrected chi connectivity index (χ4v) is 4.76. The highest BCUT2D eigenvalue weighted by Gasteiger charge is 2.31. The number of hydrogen-bond acceptors (Lipinski definition) is 4. The van der Waals surface area contributed by atoms with Gasteiger partial charge in [0, 0.05) is 64.5 Å². The van der Waals surface area contributed by atoms with Crippen LogP contribution in [0.15, 0.2) is 24.3 Å². The number of benzene rings is 1. The first-order valence-corrected chi connectivity index (χ1v) is 11.9. The average molecular weight is 442 g/mol. The van der Waals surface area contributed by atoms with Crippen LogP contribution in [-0.4, -0.2) is 96.9 Å². The van der Waals surface area contributed by atoms with Gasteiger partial charge in [0.15, 0.2) is 0 Å². The molecule has 1 aromatic rings. The number of urea groups is 1. The summed E-state index contributed by atoms with van der Waals surface area (Å²) in [5, 5.41) is 3.02. The molecule has 3 saturated heterocycles. The number of likely N-dealkylation sites (N-methyl/N-ethyl adjacent to an activating group) is 1. The number of piperidine rings is 1. The number of nitrogens with one attached hydrogen (secondary N) is 1. The van der Waals surface area contributed by atoms with Crippen LogP contribution in [0.4, 0.5) is 4.79 Å². The molecular formula is C24H35N5O3. The van der Waals surface area contributed by atoms with Gasteiger partial charge >= 0.3 is 6.03 Å². The van der Waals surface area contributed by atoms with Gasteiger partial charge in [0.1, 0.15) is 0 Å². The second kappa shape index (κ2) is 10.3. The molecule has 1 N–H and O–H groups in total. The molecule has 4 rings (SSSR count). The topological polar surface area (TPSA) is 76.2 Å². The Morgan fingerprint density at radius 1 is 0.844 bits per heavy atom. The molecular weight excluding hydrogens is 406 g/mol. The van der Waals surface area contributed by atoms with Crippen LogP contribution in [0.5, 0.6) is 0 Å². The highest BCUT2D eigenvalue weighted by Crippen LogP contribution is 2.20. The van der Waals surface area contributed by atoms with Crippen molar-refractivity contribution in [2.24, 2.45) is 5.92 Å². The van der Waals surface area contributed by atoms with Gasteiger partial charge in [0.2, 0.25) is 5.91 Å². The number of hydrogen-bond donors (Lipinski definition) is 1. The molecule has 0 unspecified atom stereocenters. The van der Waals surface area contributed by atoms with Crippen LogP contribution in [0.3, 0.4) is 0 Å². The maximum absolute atomic E-state index is 12.7. The molecule has 1 atom stereocenters. The first kappa shape index (κ1) is 22.6. The van der Waals surface area contributed by atoms with Gasteiger partial charge in [-0.05, 0) is 50.4 Å². The quantitative estimate of drug-likeness (QED) is 0.771. The number of likely N-dealkylation sites (tertiary alicyclic amines) is 2. The Labute approximate surface area is 190 Å². The molecule has 1 aromatic carbocycles. The summed E-state index contributed by atoms with van der Waals surface area (Å²) >= 11 is 0. The molecule has 4 amide bonds. The molecule has 0 saturated carbocycles. The molecule has 0 aromatic heterocycles. The van der Waals surface area contributed by atoms with Crippen molar-refractivity contribution < 1.29 is 14.4 Å². The summed E-state index contributed by atoms with van der Waals surface area (Å²) in [6.45, 7) is 6.65. The van der Waals surface area contributed by atoms with E-state index in [1.165, 1.54) is 0 Å². The van der Waals surface area contributed by atoms with Crippen molar-refractivity contribution in [3.63, 3.8) is 0 Å². The van der Waals surface area contributed by atoms with E-state index in [4.69, 9.17) is 0 Å². The second-order valence-corrected chi connectivity index (χ2v) is 9.27. The van der Waals surface area contributed by atoms with Crippen LogP contribution in [0.25, 0.3) is 0 Å². The molecule has 3 aliphatic rings. The molecule has 3 heterocycles. The Kier molecular flexibility index (Phi) is 7.29. The van der Waals surface area contributed by atoms with Gasteiger partial charge in [0.05, 0.1) is 5.92 Å². The highest BCUT2D eigenvalue weighted by atomic mass is 16.2. The van der Waals surface area contributed by atoms with Crippen molar-refractivity contribution in [3.05, 3.63) is 35.4 Å².